The van der Waals surface area contributed by atoms with Gasteiger partial charge in [0.25, 0.3) is 5.56 Å². The molecule has 0 saturated heterocycles. The molecule has 31 heavy (non-hydrogen) atoms. The second kappa shape index (κ2) is 8.24. The van der Waals surface area contributed by atoms with Crippen LogP contribution in [0.5, 0.6) is 11.8 Å². The highest BCUT2D eigenvalue weighted by Gasteiger charge is 2.22. The van der Waals surface area contributed by atoms with Gasteiger partial charge in [0.1, 0.15) is 0 Å². The molecule has 2 heterocycles. The first-order valence-electron chi connectivity index (χ1n) is 8.90. The summed E-state index contributed by atoms with van der Waals surface area (Å²) in [5, 5.41) is 1.59. The second-order valence-corrected chi connectivity index (χ2v) is 8.46. The third kappa shape index (κ3) is 3.94. The Morgan fingerprint density at radius 2 is 1.58 bits per heavy atom. The van der Waals surface area contributed by atoms with Crippen molar-refractivity contribution in [2.75, 3.05) is 0 Å². The van der Waals surface area contributed by atoms with Crippen LogP contribution in [0.25, 0.3) is 11.2 Å². The summed E-state index contributed by atoms with van der Waals surface area (Å²) in [7, 11) is 2.91. The van der Waals surface area contributed by atoms with E-state index in [1.54, 1.807) is 30.3 Å². The first-order valence-corrected chi connectivity index (χ1v) is 10.4. The molecule has 2 aromatic heterocycles. The molecule has 4 aromatic rings. The Bertz CT molecular complexity index is 1460. The number of hydrogen-bond acceptors (Lipinski definition) is 4. The molecule has 4 rings (SSSR count). The van der Waals surface area contributed by atoms with Gasteiger partial charge in [0, 0.05) is 35.2 Å². The summed E-state index contributed by atoms with van der Waals surface area (Å²) in [5.41, 5.74) is -0.0415. The van der Waals surface area contributed by atoms with Crippen LogP contribution in [-0.4, -0.2) is 18.7 Å². The summed E-state index contributed by atoms with van der Waals surface area (Å²) >= 11 is 24.6. The highest BCUT2D eigenvalue weighted by molar-refractivity contribution is 6.35. The van der Waals surface area contributed by atoms with Crippen molar-refractivity contribution in [1.29, 1.82) is 0 Å². The van der Waals surface area contributed by atoms with Crippen molar-refractivity contribution in [3.05, 3.63) is 82.9 Å². The monoisotopic (exact) mass is 498 g/mol. The van der Waals surface area contributed by atoms with Gasteiger partial charge in [0.05, 0.1) is 11.6 Å². The molecule has 0 aliphatic heterocycles. The molecule has 0 N–H and O–H groups in total. The average Bonchev–Trinajstić information content (AvgIpc) is 3.07. The van der Waals surface area contributed by atoms with Crippen LogP contribution in [-0.2, 0) is 20.6 Å². The summed E-state index contributed by atoms with van der Waals surface area (Å²) in [4.78, 5) is 29.8. The number of hydrogen-bond donors (Lipinski definition) is 0. The fraction of sp³-hybridized carbons (Fsp3) is 0.150. The molecule has 7 nitrogen and oxygen atoms in total. The predicted molar refractivity (Wildman–Crippen MR) is 122 cm³/mol. The highest BCUT2D eigenvalue weighted by Crippen LogP contribution is 2.33. The maximum absolute atomic E-state index is 13.0. The van der Waals surface area contributed by atoms with Crippen molar-refractivity contribution in [1.82, 2.24) is 18.7 Å². The molecule has 0 spiro atoms. The van der Waals surface area contributed by atoms with Gasteiger partial charge in [-0.15, -0.1) is 0 Å². The number of aromatic nitrogens is 4. The van der Waals surface area contributed by atoms with Crippen LogP contribution in [0.4, 0.5) is 0 Å². The van der Waals surface area contributed by atoms with Gasteiger partial charge in [0.2, 0.25) is 0 Å². The van der Waals surface area contributed by atoms with E-state index in [4.69, 9.17) is 51.1 Å². The Balaban J connectivity index is 1.98. The quantitative estimate of drug-likeness (QED) is 0.401. The van der Waals surface area contributed by atoms with E-state index >= 15 is 0 Å². The van der Waals surface area contributed by atoms with Crippen LogP contribution >= 0.6 is 46.4 Å². The number of halogens is 4. The summed E-state index contributed by atoms with van der Waals surface area (Å²) in [6, 6.07) is 9.79. The Hall–Kier alpha value is -2.45. The van der Waals surface area contributed by atoms with Crippen molar-refractivity contribution in [3.8, 4) is 11.8 Å². The second-order valence-electron chi connectivity index (χ2n) is 6.77. The smallest absolute Gasteiger partial charge is 0.332 e. The third-order valence-corrected chi connectivity index (χ3v) is 5.89. The topological polar surface area (TPSA) is 71.1 Å². The van der Waals surface area contributed by atoms with Crippen molar-refractivity contribution in [2.45, 2.75) is 6.54 Å². The minimum absolute atomic E-state index is 0.0449. The van der Waals surface area contributed by atoms with Crippen LogP contribution in [0.2, 0.25) is 20.1 Å². The molecule has 0 fully saturated rings. The van der Waals surface area contributed by atoms with Crippen molar-refractivity contribution >= 4 is 57.6 Å². The van der Waals surface area contributed by atoms with Crippen LogP contribution in [0.15, 0.2) is 46.0 Å². The van der Waals surface area contributed by atoms with Crippen LogP contribution < -0.4 is 16.0 Å². The molecule has 11 heteroatoms. The Morgan fingerprint density at radius 1 is 0.903 bits per heavy atom. The van der Waals surface area contributed by atoms with Gasteiger partial charge in [0.15, 0.2) is 16.9 Å². The van der Waals surface area contributed by atoms with Gasteiger partial charge in [-0.25, -0.2) is 4.79 Å². The zero-order valence-corrected chi connectivity index (χ0v) is 19.2. The van der Waals surface area contributed by atoms with Gasteiger partial charge >= 0.3 is 11.7 Å². The van der Waals surface area contributed by atoms with E-state index in [0.717, 1.165) is 4.57 Å². The van der Waals surface area contributed by atoms with Crippen molar-refractivity contribution in [2.24, 2.45) is 14.1 Å². The molecule has 160 valence electrons. The van der Waals surface area contributed by atoms with Crippen LogP contribution in [0, 0.1) is 0 Å². The molecule has 0 amide bonds. The molecule has 2 aromatic carbocycles. The third-order valence-electron chi connectivity index (χ3n) is 4.75. The largest absolute Gasteiger partial charge is 0.424 e. The fourth-order valence-electron chi connectivity index (χ4n) is 3.13. The Kier molecular flexibility index (Phi) is 5.79. The Labute approximate surface area is 195 Å². The molecule has 0 bridgehead atoms. The number of aryl methyl sites for hydroxylation is 1. The number of nitrogens with zero attached hydrogens (tertiary/aromatic N) is 4. The standard InChI is InChI=1S/C20H14Cl4N4O3/c1-26-17-16(18(29)27(2)20(26)30)28(9-10-3-4-11(21)7-14(10)24)19(25-17)31-15-8-12(22)5-6-13(15)23/h3-8H,9H2,1-2H3. The number of ether oxygens (including phenoxy) is 1. The zero-order chi connectivity index (χ0) is 22.4. The number of rotatable bonds is 4. The Morgan fingerprint density at radius 3 is 2.29 bits per heavy atom. The van der Waals surface area contributed by atoms with E-state index in [2.05, 4.69) is 4.98 Å². The van der Waals surface area contributed by atoms with E-state index in [-0.39, 0.29) is 29.5 Å². The summed E-state index contributed by atoms with van der Waals surface area (Å²) in [5.74, 6) is 0.245. The lowest BCUT2D eigenvalue weighted by Crippen LogP contribution is -2.37. The summed E-state index contributed by atoms with van der Waals surface area (Å²) < 4.78 is 9.73. The molecular formula is C20H14Cl4N4O3. The maximum Gasteiger partial charge on any atom is 0.332 e. The minimum atomic E-state index is -0.525. The first-order chi connectivity index (χ1) is 14.7. The van der Waals surface area contributed by atoms with Gasteiger partial charge < -0.3 is 4.74 Å². The first kappa shape index (κ1) is 21.8. The van der Waals surface area contributed by atoms with E-state index in [1.807, 2.05) is 0 Å². The number of imidazole rings is 1. The minimum Gasteiger partial charge on any atom is -0.424 e. The van der Waals surface area contributed by atoms with Gasteiger partial charge in [-0.05, 0) is 29.8 Å². The molecule has 0 radical (unpaired) electrons. The predicted octanol–water partition coefficient (Wildman–Crippen LogP) is 4.89. The van der Waals surface area contributed by atoms with E-state index < -0.39 is 11.2 Å². The molecule has 0 saturated carbocycles. The van der Waals surface area contributed by atoms with Crippen molar-refractivity contribution in [3.63, 3.8) is 0 Å². The number of benzene rings is 2. The van der Waals surface area contributed by atoms with E-state index in [1.165, 1.54) is 29.3 Å². The SMILES string of the molecule is Cn1c(=O)c2c(nc(Oc3cc(Cl)ccc3Cl)n2Cc2ccc(Cl)cc2Cl)n(C)c1=O. The van der Waals surface area contributed by atoms with Crippen LogP contribution in [0.1, 0.15) is 5.56 Å². The average molecular weight is 500 g/mol. The van der Waals surface area contributed by atoms with Gasteiger partial charge in [-0.1, -0.05) is 52.5 Å². The lowest BCUT2D eigenvalue weighted by molar-refractivity contribution is 0.421. The fourth-order valence-corrected chi connectivity index (χ4v) is 3.91. The van der Waals surface area contributed by atoms with Gasteiger partial charge in [-0.3, -0.25) is 18.5 Å². The molecular weight excluding hydrogens is 486 g/mol. The van der Waals surface area contributed by atoms with E-state index in [0.29, 0.717) is 25.7 Å². The maximum atomic E-state index is 13.0. The lowest BCUT2D eigenvalue weighted by Gasteiger charge is -2.12. The summed E-state index contributed by atoms with van der Waals surface area (Å²) in [6.45, 7) is 0.132. The summed E-state index contributed by atoms with van der Waals surface area (Å²) in [6.07, 6.45) is 0. The molecule has 0 aliphatic carbocycles. The number of fused-ring (bicyclic) bond motifs is 1. The molecule has 0 aliphatic rings. The highest BCUT2D eigenvalue weighted by atomic mass is 35.5. The lowest BCUT2D eigenvalue weighted by atomic mass is 10.2. The van der Waals surface area contributed by atoms with Gasteiger partial charge in [-0.2, -0.15) is 4.98 Å². The normalized spacial score (nSPS) is 11.3. The van der Waals surface area contributed by atoms with Crippen LogP contribution in [0.3, 0.4) is 0 Å². The molecule has 0 atom stereocenters. The van der Waals surface area contributed by atoms with Crippen molar-refractivity contribution < 1.29 is 4.74 Å². The zero-order valence-electron chi connectivity index (χ0n) is 16.2. The molecule has 0 unspecified atom stereocenters. The van der Waals surface area contributed by atoms with E-state index in [9.17, 15) is 9.59 Å².